The first-order chi connectivity index (χ1) is 6.75. The van der Waals surface area contributed by atoms with Gasteiger partial charge in [-0.05, 0) is 43.9 Å². The fourth-order valence-corrected chi connectivity index (χ4v) is 3.10. The predicted molar refractivity (Wildman–Crippen MR) is 55.9 cm³/mol. The average Bonchev–Trinajstić information content (AvgIpc) is 2.72. The molecule has 2 fully saturated rings. The number of fused-ring (bicyclic) bond motifs is 2. The Morgan fingerprint density at radius 2 is 2.14 bits per heavy atom. The van der Waals surface area contributed by atoms with E-state index in [2.05, 4.69) is 17.5 Å². The highest BCUT2D eigenvalue weighted by Crippen LogP contribution is 2.39. The predicted octanol–water partition coefficient (Wildman–Crippen LogP) is 1.46. The molecule has 0 heterocycles. The van der Waals surface area contributed by atoms with Crippen molar-refractivity contribution in [3.8, 4) is 0 Å². The van der Waals surface area contributed by atoms with E-state index in [0.717, 1.165) is 31.2 Å². The van der Waals surface area contributed by atoms with Crippen molar-refractivity contribution < 1.29 is 5.11 Å². The zero-order valence-corrected chi connectivity index (χ0v) is 8.58. The highest BCUT2D eigenvalue weighted by Gasteiger charge is 2.39. The third-order valence-corrected chi connectivity index (χ3v) is 4.26. The lowest BCUT2D eigenvalue weighted by Crippen LogP contribution is -2.49. The van der Waals surface area contributed by atoms with E-state index in [1.54, 1.807) is 0 Å². The van der Waals surface area contributed by atoms with Crippen LogP contribution in [0.4, 0.5) is 0 Å². The maximum atomic E-state index is 9.96. The van der Waals surface area contributed by atoms with Crippen LogP contribution in [-0.4, -0.2) is 23.3 Å². The Kier molecular flexibility index (Phi) is 1.96. The second-order valence-corrected chi connectivity index (χ2v) is 5.35. The lowest BCUT2D eigenvalue weighted by atomic mass is 9.80. The standard InChI is InChI=1S/C12H19NO/c14-12(4-1-5-12)8-13-11-7-9-2-3-10(11)6-9/h2-3,9-11,13-14H,1,4-8H2/t9-,10+,11?/m1/s1. The number of aliphatic hydroxyl groups is 1. The minimum absolute atomic E-state index is 0.356. The molecule has 3 atom stereocenters. The lowest BCUT2D eigenvalue weighted by molar-refractivity contribution is -0.0337. The SMILES string of the molecule is OC1(CNC2C[C@@H]3C=C[C@H]2C3)CCC1. The van der Waals surface area contributed by atoms with Gasteiger partial charge in [-0.25, -0.2) is 0 Å². The molecule has 78 valence electrons. The van der Waals surface area contributed by atoms with Crippen LogP contribution in [0.2, 0.25) is 0 Å². The van der Waals surface area contributed by atoms with Gasteiger partial charge < -0.3 is 10.4 Å². The molecule has 0 saturated heterocycles. The maximum absolute atomic E-state index is 9.96. The molecule has 2 bridgehead atoms. The van der Waals surface area contributed by atoms with Gasteiger partial charge >= 0.3 is 0 Å². The Balaban J connectivity index is 1.51. The first-order valence-corrected chi connectivity index (χ1v) is 5.89. The maximum Gasteiger partial charge on any atom is 0.0771 e. The molecule has 0 aliphatic heterocycles. The molecule has 3 aliphatic rings. The van der Waals surface area contributed by atoms with E-state index in [-0.39, 0.29) is 5.60 Å². The van der Waals surface area contributed by atoms with Crippen LogP contribution in [0.25, 0.3) is 0 Å². The van der Waals surface area contributed by atoms with Crippen LogP contribution in [0.5, 0.6) is 0 Å². The topological polar surface area (TPSA) is 32.3 Å². The highest BCUT2D eigenvalue weighted by atomic mass is 16.3. The van der Waals surface area contributed by atoms with Gasteiger partial charge in [0.05, 0.1) is 5.60 Å². The van der Waals surface area contributed by atoms with E-state index in [1.165, 1.54) is 19.3 Å². The van der Waals surface area contributed by atoms with Gasteiger partial charge in [-0.3, -0.25) is 0 Å². The molecule has 1 unspecified atom stereocenters. The largest absolute Gasteiger partial charge is 0.389 e. The zero-order chi connectivity index (χ0) is 9.60. The molecule has 0 amide bonds. The van der Waals surface area contributed by atoms with Crippen LogP contribution in [-0.2, 0) is 0 Å². The molecule has 2 saturated carbocycles. The minimum Gasteiger partial charge on any atom is -0.389 e. The van der Waals surface area contributed by atoms with Crippen molar-refractivity contribution in [3.05, 3.63) is 12.2 Å². The van der Waals surface area contributed by atoms with Gasteiger partial charge in [0.1, 0.15) is 0 Å². The summed E-state index contributed by atoms with van der Waals surface area (Å²) >= 11 is 0. The van der Waals surface area contributed by atoms with Crippen LogP contribution in [0.15, 0.2) is 12.2 Å². The zero-order valence-electron chi connectivity index (χ0n) is 8.58. The number of nitrogens with one attached hydrogen (secondary N) is 1. The minimum atomic E-state index is -0.356. The van der Waals surface area contributed by atoms with Crippen molar-refractivity contribution in [2.75, 3.05) is 6.54 Å². The molecule has 2 nitrogen and oxygen atoms in total. The molecule has 0 aromatic heterocycles. The summed E-state index contributed by atoms with van der Waals surface area (Å²) in [5, 5.41) is 13.5. The Morgan fingerprint density at radius 1 is 1.29 bits per heavy atom. The molecular weight excluding hydrogens is 174 g/mol. The normalized spacial score (nSPS) is 42.8. The second-order valence-electron chi connectivity index (χ2n) is 5.35. The summed E-state index contributed by atoms with van der Waals surface area (Å²) in [6, 6.07) is 0.648. The van der Waals surface area contributed by atoms with Gasteiger partial charge in [0.25, 0.3) is 0 Å². The number of hydrogen-bond donors (Lipinski definition) is 2. The van der Waals surface area contributed by atoms with Gasteiger partial charge in [0.15, 0.2) is 0 Å². The van der Waals surface area contributed by atoms with Crippen LogP contribution in [0.1, 0.15) is 32.1 Å². The monoisotopic (exact) mass is 193 g/mol. The van der Waals surface area contributed by atoms with Crippen molar-refractivity contribution >= 4 is 0 Å². The third kappa shape index (κ3) is 1.41. The molecular formula is C12H19NO. The van der Waals surface area contributed by atoms with Crippen LogP contribution in [0, 0.1) is 11.8 Å². The van der Waals surface area contributed by atoms with Gasteiger partial charge in [-0.2, -0.15) is 0 Å². The van der Waals surface area contributed by atoms with Crippen molar-refractivity contribution in [1.29, 1.82) is 0 Å². The van der Waals surface area contributed by atoms with Gasteiger partial charge in [-0.15, -0.1) is 0 Å². The molecule has 0 radical (unpaired) electrons. The van der Waals surface area contributed by atoms with E-state index in [4.69, 9.17) is 0 Å². The smallest absolute Gasteiger partial charge is 0.0771 e. The Bertz CT molecular complexity index is 257. The van der Waals surface area contributed by atoms with Crippen molar-refractivity contribution in [3.63, 3.8) is 0 Å². The molecule has 3 aliphatic carbocycles. The molecule has 0 aromatic rings. The quantitative estimate of drug-likeness (QED) is 0.665. The average molecular weight is 193 g/mol. The first kappa shape index (κ1) is 8.93. The van der Waals surface area contributed by atoms with E-state index in [9.17, 15) is 5.11 Å². The van der Waals surface area contributed by atoms with Gasteiger partial charge in [-0.1, -0.05) is 12.2 Å². The van der Waals surface area contributed by atoms with Crippen molar-refractivity contribution in [2.24, 2.45) is 11.8 Å². The molecule has 2 heteroatoms. The summed E-state index contributed by atoms with van der Waals surface area (Å²) in [5.74, 6) is 1.58. The van der Waals surface area contributed by atoms with Gasteiger partial charge in [0, 0.05) is 12.6 Å². The van der Waals surface area contributed by atoms with Crippen LogP contribution in [0.3, 0.4) is 0 Å². The number of rotatable bonds is 3. The number of allylic oxidation sites excluding steroid dienone is 1. The fraction of sp³-hybridized carbons (Fsp3) is 0.833. The first-order valence-electron chi connectivity index (χ1n) is 5.89. The van der Waals surface area contributed by atoms with E-state index in [0.29, 0.717) is 6.04 Å². The highest BCUT2D eigenvalue weighted by molar-refractivity contribution is 5.12. The summed E-state index contributed by atoms with van der Waals surface area (Å²) < 4.78 is 0. The Morgan fingerprint density at radius 3 is 2.64 bits per heavy atom. The summed E-state index contributed by atoms with van der Waals surface area (Å²) in [6.07, 6.45) is 10.5. The summed E-state index contributed by atoms with van der Waals surface area (Å²) in [5.41, 5.74) is -0.356. The molecule has 3 rings (SSSR count). The molecule has 0 aromatic carbocycles. The molecule has 14 heavy (non-hydrogen) atoms. The van der Waals surface area contributed by atoms with E-state index >= 15 is 0 Å². The van der Waals surface area contributed by atoms with E-state index < -0.39 is 0 Å². The Hall–Kier alpha value is -0.340. The molecule has 2 N–H and O–H groups in total. The van der Waals surface area contributed by atoms with E-state index in [1.807, 2.05) is 0 Å². The Labute approximate surface area is 85.4 Å². The van der Waals surface area contributed by atoms with Crippen LogP contribution < -0.4 is 5.32 Å². The summed E-state index contributed by atoms with van der Waals surface area (Å²) in [7, 11) is 0. The third-order valence-electron chi connectivity index (χ3n) is 4.26. The van der Waals surface area contributed by atoms with Gasteiger partial charge in [0.2, 0.25) is 0 Å². The fourth-order valence-electron chi connectivity index (χ4n) is 3.10. The van der Waals surface area contributed by atoms with Crippen LogP contribution >= 0.6 is 0 Å². The van der Waals surface area contributed by atoms with Crippen molar-refractivity contribution in [2.45, 2.75) is 43.7 Å². The lowest BCUT2D eigenvalue weighted by Gasteiger charge is -2.38. The second kappa shape index (κ2) is 3.07. The summed E-state index contributed by atoms with van der Waals surface area (Å²) in [6.45, 7) is 0.814. The summed E-state index contributed by atoms with van der Waals surface area (Å²) in [4.78, 5) is 0. The molecule has 0 spiro atoms. The van der Waals surface area contributed by atoms with Crippen molar-refractivity contribution in [1.82, 2.24) is 5.32 Å². The number of hydrogen-bond acceptors (Lipinski definition) is 2.